The molecule has 1 amide bonds. The molecule has 1 rings (SSSR count). The third kappa shape index (κ3) is 5.85. The maximum Gasteiger partial charge on any atom is 0.235 e. The molecule has 2 N–H and O–H groups in total. The normalized spacial score (nSPS) is 27.0. The van der Waals surface area contributed by atoms with Crippen molar-refractivity contribution in [1.29, 1.82) is 0 Å². The predicted molar refractivity (Wildman–Crippen MR) is 86.8 cm³/mol. The molecule has 22 heavy (non-hydrogen) atoms. The monoisotopic (exact) mass is 334 g/mol. The molecular formula is C15H30N2O4S. The van der Waals surface area contributed by atoms with Gasteiger partial charge in [0.1, 0.15) is 0 Å². The number of hydrogen-bond donors (Lipinski definition) is 2. The third-order valence-corrected chi connectivity index (χ3v) is 5.95. The SMILES string of the molecule is CN(CC(=O)NCC1(O)CCC(C(C)(C)C)CC1)S(C)(=O)=O. The summed E-state index contributed by atoms with van der Waals surface area (Å²) >= 11 is 0. The first kappa shape index (κ1) is 19.4. The van der Waals surface area contributed by atoms with Gasteiger partial charge in [0, 0.05) is 13.6 Å². The van der Waals surface area contributed by atoms with Crippen LogP contribution in [0.5, 0.6) is 0 Å². The van der Waals surface area contributed by atoms with Gasteiger partial charge in [-0.15, -0.1) is 0 Å². The first-order chi connectivity index (χ1) is 9.83. The summed E-state index contributed by atoms with van der Waals surface area (Å²) in [6.07, 6.45) is 4.27. The summed E-state index contributed by atoms with van der Waals surface area (Å²) in [4.78, 5) is 11.8. The second-order valence-corrected chi connectivity index (χ2v) is 9.75. The molecule has 0 unspecified atom stereocenters. The van der Waals surface area contributed by atoms with Crippen LogP contribution in [0, 0.1) is 11.3 Å². The van der Waals surface area contributed by atoms with Crippen molar-refractivity contribution in [2.24, 2.45) is 11.3 Å². The van der Waals surface area contributed by atoms with Gasteiger partial charge in [-0.2, -0.15) is 4.31 Å². The lowest BCUT2D eigenvalue weighted by Crippen LogP contribution is -2.48. The maximum absolute atomic E-state index is 11.8. The van der Waals surface area contributed by atoms with Gasteiger partial charge in [-0.3, -0.25) is 4.79 Å². The lowest BCUT2D eigenvalue weighted by Gasteiger charge is -2.41. The van der Waals surface area contributed by atoms with Crippen LogP contribution in [0.25, 0.3) is 0 Å². The Balaban J connectivity index is 2.44. The minimum atomic E-state index is -3.37. The molecule has 130 valence electrons. The summed E-state index contributed by atoms with van der Waals surface area (Å²) in [5.41, 5.74) is -0.635. The molecule has 0 atom stereocenters. The van der Waals surface area contributed by atoms with Gasteiger partial charge in [0.05, 0.1) is 18.4 Å². The number of aliphatic hydroxyl groups is 1. The van der Waals surface area contributed by atoms with E-state index in [1.165, 1.54) is 7.05 Å². The van der Waals surface area contributed by atoms with Crippen LogP contribution in [-0.2, 0) is 14.8 Å². The van der Waals surface area contributed by atoms with Crippen molar-refractivity contribution in [3.05, 3.63) is 0 Å². The number of rotatable bonds is 5. The Morgan fingerprint density at radius 2 is 1.82 bits per heavy atom. The molecule has 1 fully saturated rings. The van der Waals surface area contributed by atoms with Crippen molar-refractivity contribution in [2.75, 3.05) is 26.4 Å². The fourth-order valence-corrected chi connectivity index (χ4v) is 3.19. The van der Waals surface area contributed by atoms with E-state index in [4.69, 9.17) is 0 Å². The van der Waals surface area contributed by atoms with Crippen LogP contribution in [0.3, 0.4) is 0 Å². The molecule has 0 saturated heterocycles. The van der Waals surface area contributed by atoms with Gasteiger partial charge in [0.15, 0.2) is 0 Å². The van der Waals surface area contributed by atoms with Crippen molar-refractivity contribution >= 4 is 15.9 Å². The molecule has 1 saturated carbocycles. The number of hydrogen-bond acceptors (Lipinski definition) is 4. The highest BCUT2D eigenvalue weighted by molar-refractivity contribution is 7.88. The zero-order chi connectivity index (χ0) is 17.2. The standard InChI is InChI=1S/C15H30N2O4S/c1-14(2,3)12-6-8-15(19,9-7-12)11-16-13(18)10-17(4)22(5,20)21/h12,19H,6-11H2,1-5H3,(H,16,18). The molecule has 0 aromatic carbocycles. The smallest absolute Gasteiger partial charge is 0.235 e. The van der Waals surface area contributed by atoms with Crippen LogP contribution in [0.4, 0.5) is 0 Å². The fourth-order valence-electron chi connectivity index (χ4n) is 2.84. The van der Waals surface area contributed by atoms with Crippen LogP contribution in [-0.4, -0.2) is 55.7 Å². The van der Waals surface area contributed by atoms with Gasteiger partial charge in [0.2, 0.25) is 15.9 Å². The van der Waals surface area contributed by atoms with E-state index in [1.807, 2.05) is 0 Å². The zero-order valence-corrected chi connectivity index (χ0v) is 15.2. The number of nitrogens with zero attached hydrogens (tertiary/aromatic N) is 1. The van der Waals surface area contributed by atoms with E-state index in [0.717, 1.165) is 23.4 Å². The Morgan fingerprint density at radius 1 is 1.32 bits per heavy atom. The van der Waals surface area contributed by atoms with Crippen LogP contribution in [0.2, 0.25) is 0 Å². The molecule has 1 aliphatic carbocycles. The number of carbonyl (C=O) groups is 1. The predicted octanol–water partition coefficient (Wildman–Crippen LogP) is 0.961. The van der Waals surface area contributed by atoms with Crippen LogP contribution in [0.15, 0.2) is 0 Å². The van der Waals surface area contributed by atoms with Gasteiger partial charge in [-0.05, 0) is 37.0 Å². The topological polar surface area (TPSA) is 86.7 Å². The lowest BCUT2D eigenvalue weighted by atomic mass is 9.68. The molecule has 0 aromatic heterocycles. The highest BCUT2D eigenvalue weighted by atomic mass is 32.2. The molecule has 0 aromatic rings. The molecular weight excluding hydrogens is 304 g/mol. The van der Waals surface area contributed by atoms with Gasteiger partial charge in [-0.1, -0.05) is 20.8 Å². The zero-order valence-electron chi connectivity index (χ0n) is 14.3. The highest BCUT2D eigenvalue weighted by Crippen LogP contribution is 2.41. The van der Waals surface area contributed by atoms with E-state index in [1.54, 1.807) is 0 Å². The van der Waals surface area contributed by atoms with Crippen LogP contribution < -0.4 is 5.32 Å². The second kappa shape index (κ2) is 6.84. The van der Waals surface area contributed by atoms with Crippen molar-refractivity contribution in [1.82, 2.24) is 9.62 Å². The number of carbonyl (C=O) groups excluding carboxylic acids is 1. The molecule has 6 nitrogen and oxygen atoms in total. The molecule has 7 heteroatoms. The van der Waals surface area contributed by atoms with E-state index < -0.39 is 15.6 Å². The van der Waals surface area contributed by atoms with Gasteiger partial charge >= 0.3 is 0 Å². The summed E-state index contributed by atoms with van der Waals surface area (Å²) in [5, 5.41) is 13.2. The van der Waals surface area contributed by atoms with E-state index in [9.17, 15) is 18.3 Å². The number of sulfonamides is 1. The third-order valence-electron chi connectivity index (χ3n) is 4.69. The second-order valence-electron chi connectivity index (χ2n) is 7.66. The minimum absolute atomic E-state index is 0.181. The highest BCUT2D eigenvalue weighted by Gasteiger charge is 2.37. The first-order valence-electron chi connectivity index (χ1n) is 7.74. The summed E-state index contributed by atoms with van der Waals surface area (Å²) in [6.45, 7) is 6.60. The van der Waals surface area contributed by atoms with E-state index in [0.29, 0.717) is 18.8 Å². The Bertz CT molecular complexity index is 488. The van der Waals surface area contributed by atoms with Gasteiger partial charge in [-0.25, -0.2) is 8.42 Å². The summed E-state index contributed by atoms with van der Waals surface area (Å²) < 4.78 is 23.5. The van der Waals surface area contributed by atoms with Crippen LogP contribution >= 0.6 is 0 Å². The fraction of sp³-hybridized carbons (Fsp3) is 0.933. The molecule has 0 aliphatic heterocycles. The van der Waals surface area contributed by atoms with E-state index in [-0.39, 0.29) is 24.4 Å². The average molecular weight is 334 g/mol. The van der Waals surface area contributed by atoms with Crippen molar-refractivity contribution < 1.29 is 18.3 Å². The maximum atomic E-state index is 11.8. The lowest BCUT2D eigenvalue weighted by molar-refractivity contribution is -0.123. The van der Waals surface area contributed by atoms with Gasteiger partial charge < -0.3 is 10.4 Å². The summed E-state index contributed by atoms with van der Waals surface area (Å²) in [7, 11) is -2.01. The van der Waals surface area contributed by atoms with Crippen LogP contribution in [0.1, 0.15) is 46.5 Å². The summed E-state index contributed by atoms with van der Waals surface area (Å²) in [6, 6.07) is 0. The quantitative estimate of drug-likeness (QED) is 0.784. The van der Waals surface area contributed by atoms with Crippen molar-refractivity contribution in [3.63, 3.8) is 0 Å². The Hall–Kier alpha value is -0.660. The minimum Gasteiger partial charge on any atom is -0.388 e. The molecule has 1 aliphatic rings. The molecule has 0 heterocycles. The Labute approximate surface area is 134 Å². The summed E-state index contributed by atoms with van der Waals surface area (Å²) in [5.74, 6) is 0.194. The van der Waals surface area contributed by atoms with Crippen molar-refractivity contribution in [3.8, 4) is 0 Å². The number of amides is 1. The Morgan fingerprint density at radius 3 is 2.23 bits per heavy atom. The number of nitrogens with one attached hydrogen (secondary N) is 1. The van der Waals surface area contributed by atoms with Gasteiger partial charge in [0.25, 0.3) is 0 Å². The van der Waals surface area contributed by atoms with E-state index >= 15 is 0 Å². The Kier molecular flexibility index (Phi) is 6.03. The van der Waals surface area contributed by atoms with Crippen molar-refractivity contribution in [2.45, 2.75) is 52.1 Å². The number of likely N-dealkylation sites (N-methyl/N-ethyl adjacent to an activating group) is 1. The molecule has 0 radical (unpaired) electrons. The first-order valence-corrected chi connectivity index (χ1v) is 9.59. The largest absolute Gasteiger partial charge is 0.388 e. The van der Waals surface area contributed by atoms with E-state index in [2.05, 4.69) is 26.1 Å². The average Bonchev–Trinajstić information content (AvgIpc) is 2.35. The molecule has 0 spiro atoms. The molecule has 0 bridgehead atoms.